The Balaban J connectivity index is 1.64. The van der Waals surface area contributed by atoms with Crippen molar-refractivity contribution >= 4 is 17.7 Å². The average molecular weight is 378 g/mol. The van der Waals surface area contributed by atoms with Gasteiger partial charge in [0.1, 0.15) is 12.6 Å². The molecule has 28 heavy (non-hydrogen) atoms. The summed E-state index contributed by atoms with van der Waals surface area (Å²) in [5.41, 5.74) is 2.36. The smallest absolute Gasteiger partial charge is 0.408 e. The average Bonchev–Trinajstić information content (AvgIpc) is 3.12. The van der Waals surface area contributed by atoms with Crippen molar-refractivity contribution in [3.05, 3.63) is 84.2 Å². The van der Waals surface area contributed by atoms with E-state index in [0.717, 1.165) is 11.1 Å². The minimum atomic E-state index is -0.786. The highest BCUT2D eigenvalue weighted by Gasteiger charge is 2.22. The van der Waals surface area contributed by atoms with Crippen LogP contribution in [0.25, 0.3) is 0 Å². The number of ether oxygens (including phenoxy) is 1. The van der Waals surface area contributed by atoms with Gasteiger partial charge in [-0.25, -0.2) is 4.79 Å². The number of aromatic nitrogens is 2. The fraction of sp³-hybridized carbons (Fsp3) is 0.190. The standard InChI is InChI=1S/C21H22N4O3/c1-25-14-18(13-22-25)23-20(26)19(12-16-8-4-2-5-9-16)24-21(27)28-15-17-10-6-3-7-11-17/h2-11,13-14,19H,12,15H2,1H3,(H,23,26)(H,24,27)/t19-/m0/s1. The maximum Gasteiger partial charge on any atom is 0.408 e. The normalized spacial score (nSPS) is 11.5. The largest absolute Gasteiger partial charge is 0.445 e. The number of hydrogen-bond donors (Lipinski definition) is 2. The number of benzene rings is 2. The number of hydrogen-bond acceptors (Lipinski definition) is 4. The molecule has 2 N–H and O–H groups in total. The molecule has 3 rings (SSSR count). The number of amides is 2. The number of nitrogens with zero attached hydrogens (tertiary/aromatic N) is 2. The Morgan fingerprint density at radius 2 is 1.68 bits per heavy atom. The first-order chi connectivity index (χ1) is 13.6. The summed E-state index contributed by atoms with van der Waals surface area (Å²) in [7, 11) is 1.76. The third-order valence-corrected chi connectivity index (χ3v) is 4.08. The van der Waals surface area contributed by atoms with Crippen molar-refractivity contribution in [2.24, 2.45) is 7.05 Å². The summed E-state index contributed by atoms with van der Waals surface area (Å²) in [6, 6.07) is 18.1. The number of rotatable bonds is 7. The van der Waals surface area contributed by atoms with E-state index < -0.39 is 12.1 Å². The minimum absolute atomic E-state index is 0.134. The molecule has 0 radical (unpaired) electrons. The molecule has 0 bridgehead atoms. The maximum absolute atomic E-state index is 12.7. The molecule has 1 heterocycles. The van der Waals surface area contributed by atoms with E-state index in [2.05, 4.69) is 15.7 Å². The fourth-order valence-corrected chi connectivity index (χ4v) is 2.68. The number of alkyl carbamates (subject to hydrolysis) is 1. The fourth-order valence-electron chi connectivity index (χ4n) is 2.68. The topological polar surface area (TPSA) is 85.2 Å². The van der Waals surface area contributed by atoms with Crippen LogP contribution in [0.2, 0.25) is 0 Å². The third kappa shape index (κ3) is 5.70. The molecule has 7 nitrogen and oxygen atoms in total. The molecule has 0 spiro atoms. The summed E-state index contributed by atoms with van der Waals surface area (Å²) in [5.74, 6) is -0.339. The van der Waals surface area contributed by atoms with Crippen molar-refractivity contribution in [2.75, 3.05) is 5.32 Å². The van der Waals surface area contributed by atoms with E-state index in [1.807, 2.05) is 60.7 Å². The SMILES string of the molecule is Cn1cc(NC(=O)[C@H](Cc2ccccc2)NC(=O)OCc2ccccc2)cn1. The zero-order valence-corrected chi connectivity index (χ0v) is 15.5. The van der Waals surface area contributed by atoms with Gasteiger partial charge in [0.2, 0.25) is 5.91 Å². The van der Waals surface area contributed by atoms with Crippen molar-refractivity contribution in [2.45, 2.75) is 19.1 Å². The Kier molecular flexibility index (Phi) is 6.41. The van der Waals surface area contributed by atoms with E-state index in [1.165, 1.54) is 0 Å². The molecule has 0 fully saturated rings. The highest BCUT2D eigenvalue weighted by Crippen LogP contribution is 2.09. The second-order valence-electron chi connectivity index (χ2n) is 6.34. The molecule has 0 unspecified atom stereocenters. The molecular weight excluding hydrogens is 356 g/mol. The molecule has 2 aromatic carbocycles. The van der Waals surface area contributed by atoms with Crippen LogP contribution >= 0.6 is 0 Å². The lowest BCUT2D eigenvalue weighted by Gasteiger charge is -2.18. The summed E-state index contributed by atoms with van der Waals surface area (Å²) >= 11 is 0. The lowest BCUT2D eigenvalue weighted by atomic mass is 10.1. The molecule has 0 saturated heterocycles. The van der Waals surface area contributed by atoms with Crippen molar-refractivity contribution < 1.29 is 14.3 Å². The van der Waals surface area contributed by atoms with Gasteiger partial charge in [-0.1, -0.05) is 60.7 Å². The third-order valence-electron chi connectivity index (χ3n) is 4.08. The van der Waals surface area contributed by atoms with Gasteiger partial charge in [0, 0.05) is 19.7 Å². The van der Waals surface area contributed by atoms with Crippen LogP contribution in [0.5, 0.6) is 0 Å². The Bertz CT molecular complexity index is 910. The predicted octanol–water partition coefficient (Wildman–Crippen LogP) is 2.90. The Morgan fingerprint density at radius 1 is 1.04 bits per heavy atom. The number of nitrogens with one attached hydrogen (secondary N) is 2. The molecule has 2 amide bonds. The molecule has 0 aliphatic rings. The van der Waals surface area contributed by atoms with Crippen LogP contribution in [0.4, 0.5) is 10.5 Å². The number of aryl methyl sites for hydroxylation is 1. The van der Waals surface area contributed by atoms with Gasteiger partial charge in [-0.3, -0.25) is 9.48 Å². The first-order valence-corrected chi connectivity index (χ1v) is 8.91. The van der Waals surface area contributed by atoms with Crippen molar-refractivity contribution in [1.29, 1.82) is 0 Å². The Hall–Kier alpha value is -3.61. The minimum Gasteiger partial charge on any atom is -0.445 e. The van der Waals surface area contributed by atoms with Gasteiger partial charge < -0.3 is 15.4 Å². The van der Waals surface area contributed by atoms with E-state index in [1.54, 1.807) is 24.1 Å². The lowest BCUT2D eigenvalue weighted by molar-refractivity contribution is -0.118. The van der Waals surface area contributed by atoms with Crippen LogP contribution < -0.4 is 10.6 Å². The van der Waals surface area contributed by atoms with Crippen molar-refractivity contribution in [3.63, 3.8) is 0 Å². The maximum atomic E-state index is 12.7. The van der Waals surface area contributed by atoms with Gasteiger partial charge in [0.25, 0.3) is 0 Å². The van der Waals surface area contributed by atoms with E-state index in [-0.39, 0.29) is 12.5 Å². The van der Waals surface area contributed by atoms with Crippen molar-refractivity contribution in [1.82, 2.24) is 15.1 Å². The zero-order chi connectivity index (χ0) is 19.8. The van der Waals surface area contributed by atoms with Crippen LogP contribution in [0.1, 0.15) is 11.1 Å². The van der Waals surface area contributed by atoms with E-state index >= 15 is 0 Å². The Morgan fingerprint density at radius 3 is 2.29 bits per heavy atom. The monoisotopic (exact) mass is 378 g/mol. The molecule has 144 valence electrons. The lowest BCUT2D eigenvalue weighted by Crippen LogP contribution is -2.45. The quantitative estimate of drug-likeness (QED) is 0.662. The summed E-state index contributed by atoms with van der Waals surface area (Å²) < 4.78 is 6.84. The molecule has 1 atom stereocenters. The van der Waals surface area contributed by atoms with Crippen molar-refractivity contribution in [3.8, 4) is 0 Å². The molecule has 3 aromatic rings. The van der Waals surface area contributed by atoms with Crippen LogP contribution in [0.15, 0.2) is 73.1 Å². The first kappa shape index (κ1) is 19.2. The number of anilines is 1. The van der Waals surface area contributed by atoms with Crippen LogP contribution in [0.3, 0.4) is 0 Å². The van der Waals surface area contributed by atoms with Gasteiger partial charge >= 0.3 is 6.09 Å². The van der Waals surface area contributed by atoms with Crippen LogP contribution in [-0.4, -0.2) is 27.8 Å². The van der Waals surface area contributed by atoms with Crippen LogP contribution in [0, 0.1) is 0 Å². The second kappa shape index (κ2) is 9.36. The van der Waals surface area contributed by atoms with E-state index in [9.17, 15) is 9.59 Å². The highest BCUT2D eigenvalue weighted by molar-refractivity contribution is 5.96. The van der Waals surface area contributed by atoms with Crippen LogP contribution in [-0.2, 0) is 29.6 Å². The molecular formula is C21H22N4O3. The molecule has 7 heteroatoms. The summed E-state index contributed by atoms with van der Waals surface area (Å²) in [4.78, 5) is 25.0. The first-order valence-electron chi connectivity index (χ1n) is 8.91. The molecule has 0 aliphatic heterocycles. The number of carbonyl (C=O) groups excluding carboxylic acids is 2. The zero-order valence-electron chi connectivity index (χ0n) is 15.5. The number of carbonyl (C=O) groups is 2. The van der Waals surface area contributed by atoms with Gasteiger partial charge in [-0.15, -0.1) is 0 Å². The summed E-state index contributed by atoms with van der Waals surface area (Å²) in [5, 5.41) is 9.46. The van der Waals surface area contributed by atoms with E-state index in [4.69, 9.17) is 4.74 Å². The van der Waals surface area contributed by atoms with Gasteiger partial charge in [0.15, 0.2) is 0 Å². The highest BCUT2D eigenvalue weighted by atomic mass is 16.5. The van der Waals surface area contributed by atoms with Gasteiger partial charge in [-0.2, -0.15) is 5.10 Å². The molecule has 0 saturated carbocycles. The summed E-state index contributed by atoms with van der Waals surface area (Å²) in [6.07, 6.45) is 2.93. The second-order valence-corrected chi connectivity index (χ2v) is 6.34. The van der Waals surface area contributed by atoms with Gasteiger partial charge in [0.05, 0.1) is 11.9 Å². The summed E-state index contributed by atoms with van der Waals surface area (Å²) in [6.45, 7) is 0.134. The van der Waals surface area contributed by atoms with Gasteiger partial charge in [-0.05, 0) is 11.1 Å². The molecule has 0 aliphatic carbocycles. The van der Waals surface area contributed by atoms with E-state index in [0.29, 0.717) is 12.1 Å². The Labute approximate surface area is 163 Å². The predicted molar refractivity (Wildman–Crippen MR) is 106 cm³/mol. The molecule has 1 aromatic heterocycles.